The van der Waals surface area contributed by atoms with Crippen molar-refractivity contribution in [1.82, 2.24) is 5.32 Å². The Bertz CT molecular complexity index is 370. The summed E-state index contributed by atoms with van der Waals surface area (Å²) in [7, 11) is 0. The first-order valence-electron chi connectivity index (χ1n) is 6.29. The molecule has 0 spiro atoms. The highest BCUT2D eigenvalue weighted by Gasteiger charge is 2.21. The fourth-order valence-corrected chi connectivity index (χ4v) is 2.25. The Labute approximate surface area is 103 Å². The van der Waals surface area contributed by atoms with E-state index in [-0.39, 0.29) is 0 Å². The largest absolute Gasteiger partial charge is 0.469 e. The lowest BCUT2D eigenvalue weighted by Crippen LogP contribution is -2.27. The molecule has 0 bridgehead atoms. The molecule has 1 aliphatic rings. The van der Waals surface area contributed by atoms with Gasteiger partial charge >= 0.3 is 0 Å². The quantitative estimate of drug-likeness (QED) is 0.608. The Hall–Kier alpha value is -1.06. The summed E-state index contributed by atoms with van der Waals surface area (Å²) in [5.41, 5.74) is 2.40. The van der Waals surface area contributed by atoms with Gasteiger partial charge in [0.15, 0.2) is 0 Å². The predicted molar refractivity (Wildman–Crippen MR) is 68.0 cm³/mol. The molecule has 1 aromatic rings. The second-order valence-corrected chi connectivity index (χ2v) is 4.71. The third kappa shape index (κ3) is 3.45. The summed E-state index contributed by atoms with van der Waals surface area (Å²) in [6.45, 7) is 8.05. The molecule has 3 nitrogen and oxygen atoms in total. The third-order valence-corrected chi connectivity index (χ3v) is 3.04. The summed E-state index contributed by atoms with van der Waals surface area (Å²) < 4.78 is 10.9. The van der Waals surface area contributed by atoms with E-state index in [1.807, 2.05) is 6.92 Å². The van der Waals surface area contributed by atoms with Gasteiger partial charge in [-0.05, 0) is 25.8 Å². The number of aryl methyl sites for hydroxylation is 1. The molecule has 1 atom stereocenters. The van der Waals surface area contributed by atoms with E-state index in [0.29, 0.717) is 12.6 Å². The number of hydrogen-bond acceptors (Lipinski definition) is 3. The van der Waals surface area contributed by atoms with E-state index in [4.69, 9.17) is 9.15 Å². The van der Waals surface area contributed by atoms with Gasteiger partial charge in [-0.25, -0.2) is 0 Å². The molecule has 1 unspecified atom stereocenters. The number of rotatable bonds is 6. The molecule has 0 fully saturated rings. The minimum Gasteiger partial charge on any atom is -0.469 e. The standard InChI is InChI=1S/C14H21NO2/c1-11(2)10-16-9-7-15-13-4-3-5-14-12(13)6-8-17-14/h6,8,13,15H,1,3-5,7,9-10H2,2H3. The van der Waals surface area contributed by atoms with Crippen molar-refractivity contribution in [1.29, 1.82) is 0 Å². The summed E-state index contributed by atoms with van der Waals surface area (Å²) in [6, 6.07) is 2.52. The van der Waals surface area contributed by atoms with E-state index in [1.54, 1.807) is 6.26 Å². The van der Waals surface area contributed by atoms with Crippen LogP contribution in [0.1, 0.15) is 37.1 Å². The van der Waals surface area contributed by atoms with Gasteiger partial charge in [0.1, 0.15) is 5.76 Å². The van der Waals surface area contributed by atoms with Crippen molar-refractivity contribution in [2.45, 2.75) is 32.2 Å². The molecule has 2 rings (SSSR count). The molecule has 3 heteroatoms. The minimum atomic E-state index is 0.436. The first kappa shape index (κ1) is 12.4. The second-order valence-electron chi connectivity index (χ2n) is 4.71. The summed E-state index contributed by atoms with van der Waals surface area (Å²) in [4.78, 5) is 0. The summed E-state index contributed by atoms with van der Waals surface area (Å²) >= 11 is 0. The highest BCUT2D eigenvalue weighted by molar-refractivity contribution is 5.23. The Morgan fingerprint density at radius 1 is 1.65 bits per heavy atom. The van der Waals surface area contributed by atoms with Gasteiger partial charge in [-0.3, -0.25) is 0 Å². The van der Waals surface area contributed by atoms with Crippen LogP contribution in [0.25, 0.3) is 0 Å². The SMILES string of the molecule is C=C(C)COCCNC1CCCc2occc21. The van der Waals surface area contributed by atoms with Crippen molar-refractivity contribution >= 4 is 0 Å². The molecule has 17 heavy (non-hydrogen) atoms. The van der Waals surface area contributed by atoms with E-state index in [2.05, 4.69) is 18.0 Å². The lowest BCUT2D eigenvalue weighted by Gasteiger charge is -2.22. The summed E-state index contributed by atoms with van der Waals surface area (Å²) in [6.07, 6.45) is 5.26. The lowest BCUT2D eigenvalue weighted by molar-refractivity contribution is 0.154. The monoisotopic (exact) mass is 235 g/mol. The Kier molecular flexibility index (Phi) is 4.40. The molecule has 0 aromatic carbocycles. The molecule has 94 valence electrons. The molecule has 0 aliphatic heterocycles. The maximum absolute atomic E-state index is 5.47. The van der Waals surface area contributed by atoms with Crippen LogP contribution in [-0.2, 0) is 11.2 Å². The van der Waals surface area contributed by atoms with Crippen molar-refractivity contribution < 1.29 is 9.15 Å². The fraction of sp³-hybridized carbons (Fsp3) is 0.571. The first-order valence-corrected chi connectivity index (χ1v) is 6.29. The highest BCUT2D eigenvalue weighted by Crippen LogP contribution is 2.30. The molecule has 0 saturated carbocycles. The van der Waals surface area contributed by atoms with Crippen LogP contribution in [0.4, 0.5) is 0 Å². The highest BCUT2D eigenvalue weighted by atomic mass is 16.5. The van der Waals surface area contributed by atoms with E-state index in [1.165, 1.54) is 18.4 Å². The third-order valence-electron chi connectivity index (χ3n) is 3.04. The smallest absolute Gasteiger partial charge is 0.108 e. The van der Waals surface area contributed by atoms with E-state index in [0.717, 1.165) is 30.9 Å². The van der Waals surface area contributed by atoms with Gasteiger partial charge in [0, 0.05) is 24.6 Å². The number of nitrogens with one attached hydrogen (secondary N) is 1. The van der Waals surface area contributed by atoms with E-state index >= 15 is 0 Å². The van der Waals surface area contributed by atoms with Crippen molar-refractivity contribution in [2.24, 2.45) is 0 Å². The molecule has 0 amide bonds. The zero-order chi connectivity index (χ0) is 12.1. The lowest BCUT2D eigenvalue weighted by atomic mass is 9.93. The van der Waals surface area contributed by atoms with Gasteiger partial charge in [-0.2, -0.15) is 0 Å². The zero-order valence-electron chi connectivity index (χ0n) is 10.5. The van der Waals surface area contributed by atoms with Crippen molar-refractivity contribution in [2.75, 3.05) is 19.8 Å². The van der Waals surface area contributed by atoms with Crippen LogP contribution in [0.5, 0.6) is 0 Å². The van der Waals surface area contributed by atoms with Gasteiger partial charge in [-0.1, -0.05) is 12.2 Å². The van der Waals surface area contributed by atoms with Crippen LogP contribution in [0.15, 0.2) is 28.9 Å². The summed E-state index contributed by atoms with van der Waals surface area (Å²) in [5.74, 6) is 1.15. The number of fused-ring (bicyclic) bond motifs is 1. The van der Waals surface area contributed by atoms with Crippen molar-refractivity contribution in [3.63, 3.8) is 0 Å². The predicted octanol–water partition coefficient (Wildman–Crippen LogP) is 2.84. The fourth-order valence-electron chi connectivity index (χ4n) is 2.25. The van der Waals surface area contributed by atoms with Gasteiger partial charge in [0.2, 0.25) is 0 Å². The minimum absolute atomic E-state index is 0.436. The van der Waals surface area contributed by atoms with E-state index in [9.17, 15) is 0 Å². The van der Waals surface area contributed by atoms with E-state index < -0.39 is 0 Å². The number of furan rings is 1. The molecule has 1 aliphatic carbocycles. The molecular weight excluding hydrogens is 214 g/mol. The Morgan fingerprint density at radius 2 is 2.53 bits per heavy atom. The first-order chi connectivity index (χ1) is 8.27. The van der Waals surface area contributed by atoms with Crippen LogP contribution in [0, 0.1) is 0 Å². The van der Waals surface area contributed by atoms with Crippen LogP contribution < -0.4 is 5.32 Å². The van der Waals surface area contributed by atoms with Gasteiger partial charge in [0.25, 0.3) is 0 Å². The number of ether oxygens (including phenoxy) is 1. The van der Waals surface area contributed by atoms with Gasteiger partial charge in [0.05, 0.1) is 19.5 Å². The normalized spacial score (nSPS) is 19.0. The van der Waals surface area contributed by atoms with Crippen molar-refractivity contribution in [3.8, 4) is 0 Å². The topological polar surface area (TPSA) is 34.4 Å². The molecule has 0 saturated heterocycles. The van der Waals surface area contributed by atoms with Gasteiger partial charge < -0.3 is 14.5 Å². The molecule has 1 N–H and O–H groups in total. The molecule has 1 aromatic heterocycles. The maximum atomic E-state index is 5.47. The van der Waals surface area contributed by atoms with Gasteiger partial charge in [-0.15, -0.1) is 0 Å². The molecule has 1 heterocycles. The second kappa shape index (κ2) is 6.03. The maximum Gasteiger partial charge on any atom is 0.108 e. The number of hydrogen-bond donors (Lipinski definition) is 1. The molecular formula is C14H21NO2. The average molecular weight is 235 g/mol. The zero-order valence-corrected chi connectivity index (χ0v) is 10.5. The Morgan fingerprint density at radius 3 is 3.35 bits per heavy atom. The van der Waals surface area contributed by atoms with Crippen molar-refractivity contribution in [3.05, 3.63) is 35.8 Å². The van der Waals surface area contributed by atoms with Crippen LogP contribution >= 0.6 is 0 Å². The van der Waals surface area contributed by atoms with Crippen LogP contribution in [-0.4, -0.2) is 19.8 Å². The van der Waals surface area contributed by atoms with Crippen LogP contribution in [0.3, 0.4) is 0 Å². The Balaban J connectivity index is 1.72. The summed E-state index contributed by atoms with van der Waals surface area (Å²) in [5, 5.41) is 3.52. The average Bonchev–Trinajstić information content (AvgIpc) is 2.77. The molecule has 0 radical (unpaired) electrons. The van der Waals surface area contributed by atoms with Crippen LogP contribution in [0.2, 0.25) is 0 Å².